The van der Waals surface area contributed by atoms with Gasteiger partial charge in [-0.1, -0.05) is 0 Å². The fourth-order valence-electron chi connectivity index (χ4n) is 1.62. The fraction of sp³-hybridized carbons (Fsp3) is 0.250. The van der Waals surface area contributed by atoms with Crippen molar-refractivity contribution < 1.29 is 18.3 Å². The maximum absolute atomic E-state index is 12.3. The summed E-state index contributed by atoms with van der Waals surface area (Å²) in [5.41, 5.74) is 0.365. The van der Waals surface area contributed by atoms with Crippen LogP contribution in [0.2, 0.25) is 0 Å². The van der Waals surface area contributed by atoms with Gasteiger partial charge in [0.2, 0.25) is 0 Å². The van der Waals surface area contributed by atoms with Gasteiger partial charge in [0.05, 0.1) is 32.1 Å². The van der Waals surface area contributed by atoms with Crippen LogP contribution >= 0.6 is 15.9 Å². The van der Waals surface area contributed by atoms with Crippen molar-refractivity contribution in [2.75, 3.05) is 18.4 Å². The summed E-state index contributed by atoms with van der Waals surface area (Å²) in [6.07, 6.45) is 2.58. The average Bonchev–Trinajstić information content (AvgIpc) is 2.91. The van der Waals surface area contributed by atoms with Crippen LogP contribution in [-0.2, 0) is 16.6 Å². The van der Waals surface area contributed by atoms with Gasteiger partial charge >= 0.3 is 0 Å². The first kappa shape index (κ1) is 15.8. The zero-order chi connectivity index (χ0) is 15.5. The van der Waals surface area contributed by atoms with Crippen molar-refractivity contribution in [3.63, 3.8) is 0 Å². The fourth-order valence-corrected chi connectivity index (χ4v) is 3.12. The molecule has 114 valence electrons. The second-order valence-corrected chi connectivity index (χ2v) is 6.65. The third kappa shape index (κ3) is 3.74. The van der Waals surface area contributed by atoms with Gasteiger partial charge in [0.25, 0.3) is 10.0 Å². The molecule has 2 N–H and O–H groups in total. The van der Waals surface area contributed by atoms with Crippen LogP contribution < -0.4 is 9.46 Å². The number of halogens is 1. The lowest BCUT2D eigenvalue weighted by Gasteiger charge is -2.10. The van der Waals surface area contributed by atoms with Gasteiger partial charge in [-0.2, -0.15) is 5.10 Å². The highest BCUT2D eigenvalue weighted by Gasteiger charge is 2.18. The van der Waals surface area contributed by atoms with Crippen LogP contribution in [0.4, 0.5) is 5.69 Å². The van der Waals surface area contributed by atoms with Crippen LogP contribution in [-0.4, -0.2) is 37.0 Å². The Labute approximate surface area is 130 Å². The molecule has 1 heterocycles. The van der Waals surface area contributed by atoms with Crippen LogP contribution in [0.25, 0.3) is 0 Å². The predicted octanol–water partition coefficient (Wildman–Crippen LogP) is 1.45. The summed E-state index contributed by atoms with van der Waals surface area (Å²) in [4.78, 5) is 0.0191. The Balaban J connectivity index is 2.28. The van der Waals surface area contributed by atoms with Gasteiger partial charge in [-0.3, -0.25) is 9.40 Å². The minimum absolute atomic E-state index is 0.0191. The van der Waals surface area contributed by atoms with Gasteiger partial charge < -0.3 is 9.84 Å². The van der Waals surface area contributed by atoms with Crippen LogP contribution in [0.15, 0.2) is 40.0 Å². The van der Waals surface area contributed by atoms with Crippen LogP contribution in [0.5, 0.6) is 5.75 Å². The number of sulfonamides is 1. The molecule has 0 spiro atoms. The molecule has 0 aliphatic carbocycles. The number of rotatable bonds is 6. The first-order valence-electron chi connectivity index (χ1n) is 5.96. The Morgan fingerprint density at radius 1 is 1.48 bits per heavy atom. The first-order chi connectivity index (χ1) is 9.96. The van der Waals surface area contributed by atoms with E-state index in [9.17, 15) is 8.42 Å². The molecule has 2 rings (SSSR count). The number of nitrogens with one attached hydrogen (secondary N) is 1. The second-order valence-electron chi connectivity index (χ2n) is 4.11. The van der Waals surface area contributed by atoms with E-state index in [4.69, 9.17) is 9.84 Å². The van der Waals surface area contributed by atoms with E-state index in [-0.39, 0.29) is 18.0 Å². The smallest absolute Gasteiger partial charge is 0.265 e. The van der Waals surface area contributed by atoms with E-state index in [0.717, 1.165) is 0 Å². The van der Waals surface area contributed by atoms with E-state index < -0.39 is 10.0 Å². The van der Waals surface area contributed by atoms with Gasteiger partial charge in [-0.15, -0.1) is 0 Å². The molecule has 0 bridgehead atoms. The molecule has 0 unspecified atom stereocenters. The van der Waals surface area contributed by atoms with Crippen LogP contribution in [0.1, 0.15) is 0 Å². The molecule has 0 saturated heterocycles. The number of hydrogen-bond acceptors (Lipinski definition) is 5. The van der Waals surface area contributed by atoms with Gasteiger partial charge in [0, 0.05) is 16.7 Å². The maximum atomic E-state index is 12.3. The minimum Gasteiger partial charge on any atom is -0.497 e. The quantitative estimate of drug-likeness (QED) is 0.796. The lowest BCUT2D eigenvalue weighted by Crippen LogP contribution is -2.13. The molecule has 0 saturated carbocycles. The van der Waals surface area contributed by atoms with E-state index in [0.29, 0.717) is 15.9 Å². The highest BCUT2D eigenvalue weighted by Crippen LogP contribution is 2.29. The Morgan fingerprint density at radius 3 is 2.90 bits per heavy atom. The number of aliphatic hydroxyl groups is 1. The van der Waals surface area contributed by atoms with Crippen molar-refractivity contribution in [3.8, 4) is 5.75 Å². The van der Waals surface area contributed by atoms with Crippen molar-refractivity contribution in [1.29, 1.82) is 0 Å². The van der Waals surface area contributed by atoms with Gasteiger partial charge in [0.1, 0.15) is 10.6 Å². The highest BCUT2D eigenvalue weighted by molar-refractivity contribution is 9.10. The topological polar surface area (TPSA) is 93.5 Å². The zero-order valence-corrected chi connectivity index (χ0v) is 13.6. The minimum atomic E-state index is -3.76. The molecule has 0 amide bonds. The van der Waals surface area contributed by atoms with Crippen LogP contribution in [0.3, 0.4) is 0 Å². The van der Waals surface area contributed by atoms with E-state index in [1.807, 2.05) is 0 Å². The number of aliphatic hydroxyl groups excluding tert-OH is 1. The van der Waals surface area contributed by atoms with Crippen molar-refractivity contribution in [2.45, 2.75) is 11.4 Å². The number of methoxy groups -OCH3 is 1. The molecule has 7 nitrogen and oxygen atoms in total. The Morgan fingerprint density at radius 2 is 2.24 bits per heavy atom. The van der Waals surface area contributed by atoms with E-state index in [2.05, 4.69) is 25.8 Å². The number of nitrogens with zero attached hydrogens (tertiary/aromatic N) is 2. The predicted molar refractivity (Wildman–Crippen MR) is 80.8 cm³/mol. The molecular weight excluding hydrogens is 362 g/mol. The van der Waals surface area contributed by atoms with Gasteiger partial charge in [0.15, 0.2) is 0 Å². The van der Waals surface area contributed by atoms with Gasteiger partial charge in [-0.05, 0) is 28.1 Å². The zero-order valence-electron chi connectivity index (χ0n) is 11.2. The SMILES string of the molecule is COc1ccc(Br)c(NS(=O)(=O)c2cnn(CCO)c2)c1. The molecule has 21 heavy (non-hydrogen) atoms. The standard InChI is InChI=1S/C12H14BrN3O4S/c1-20-9-2-3-11(13)12(6-9)15-21(18,19)10-7-14-16(8-10)4-5-17/h2-3,6-8,15,17H,4-5H2,1H3. The summed E-state index contributed by atoms with van der Waals surface area (Å²) in [6.45, 7) is 0.119. The lowest BCUT2D eigenvalue weighted by molar-refractivity contribution is 0.269. The lowest BCUT2D eigenvalue weighted by atomic mass is 10.3. The number of hydrogen-bond donors (Lipinski definition) is 2. The molecule has 9 heteroatoms. The number of benzene rings is 1. The molecule has 0 radical (unpaired) electrons. The second kappa shape index (κ2) is 6.46. The van der Waals surface area contributed by atoms with Crippen molar-refractivity contribution in [2.24, 2.45) is 0 Å². The van der Waals surface area contributed by atoms with E-state index in [1.54, 1.807) is 18.2 Å². The Hall–Kier alpha value is -1.58. The summed E-state index contributed by atoms with van der Waals surface area (Å²) >= 11 is 3.28. The van der Waals surface area contributed by atoms with Gasteiger partial charge in [-0.25, -0.2) is 8.42 Å². The summed E-state index contributed by atoms with van der Waals surface area (Å²) < 4.78 is 34.0. The van der Waals surface area contributed by atoms with Crippen molar-refractivity contribution >= 4 is 31.6 Å². The highest BCUT2D eigenvalue weighted by atomic mass is 79.9. The van der Waals surface area contributed by atoms with Crippen molar-refractivity contribution in [1.82, 2.24) is 9.78 Å². The molecule has 1 aromatic heterocycles. The molecular formula is C12H14BrN3O4S. The van der Waals surface area contributed by atoms with E-state index in [1.165, 1.54) is 24.2 Å². The third-order valence-corrected chi connectivity index (χ3v) is 4.68. The number of ether oxygens (including phenoxy) is 1. The van der Waals surface area contributed by atoms with Crippen molar-refractivity contribution in [3.05, 3.63) is 35.1 Å². The molecule has 0 aliphatic heterocycles. The molecule has 0 fully saturated rings. The first-order valence-corrected chi connectivity index (χ1v) is 8.23. The normalized spacial score (nSPS) is 11.4. The Bertz CT molecular complexity index is 730. The van der Waals surface area contributed by atoms with Crippen LogP contribution in [0, 0.1) is 0 Å². The molecule has 1 aromatic carbocycles. The summed E-state index contributed by atoms with van der Waals surface area (Å²) in [6, 6.07) is 4.97. The average molecular weight is 376 g/mol. The van der Waals surface area contributed by atoms with E-state index >= 15 is 0 Å². The largest absolute Gasteiger partial charge is 0.497 e. The number of anilines is 1. The number of aromatic nitrogens is 2. The molecule has 0 aliphatic rings. The molecule has 0 atom stereocenters. The monoisotopic (exact) mass is 375 g/mol. The molecule has 2 aromatic rings. The maximum Gasteiger partial charge on any atom is 0.265 e. The summed E-state index contributed by atoms with van der Waals surface area (Å²) in [5.74, 6) is 0.534. The summed E-state index contributed by atoms with van der Waals surface area (Å²) in [5, 5.41) is 12.7. The summed E-state index contributed by atoms with van der Waals surface area (Å²) in [7, 11) is -2.26. The Kier molecular flexibility index (Phi) is 4.86. The third-order valence-electron chi connectivity index (χ3n) is 2.67.